The normalized spacial score (nSPS) is 32.5. The highest BCUT2D eigenvalue weighted by Crippen LogP contribution is 2.55. The highest BCUT2D eigenvalue weighted by molar-refractivity contribution is 9.10. The molecule has 5 rings (SSSR count). The summed E-state index contributed by atoms with van der Waals surface area (Å²) in [6.45, 7) is -0.369. The lowest BCUT2D eigenvalue weighted by atomic mass is 9.53. The van der Waals surface area contributed by atoms with Crippen LogP contribution in [0.2, 0.25) is 0 Å². The van der Waals surface area contributed by atoms with Crippen molar-refractivity contribution in [3.8, 4) is 0 Å². The SMILES string of the molecule is O=C(COC(=O)c1cc(Br)ccc1F)NC12CC3CC(CC(C3)C1)C2. The van der Waals surface area contributed by atoms with E-state index in [4.69, 9.17) is 4.74 Å². The van der Waals surface area contributed by atoms with Gasteiger partial charge >= 0.3 is 5.97 Å². The molecule has 1 aromatic rings. The van der Waals surface area contributed by atoms with Gasteiger partial charge in [0.1, 0.15) is 5.82 Å². The molecule has 1 N–H and O–H groups in total. The van der Waals surface area contributed by atoms with Crippen molar-refractivity contribution in [3.63, 3.8) is 0 Å². The van der Waals surface area contributed by atoms with Gasteiger partial charge in [-0.3, -0.25) is 4.79 Å². The molecule has 0 aliphatic heterocycles. The molecule has 0 saturated heterocycles. The van der Waals surface area contributed by atoms with Crippen LogP contribution >= 0.6 is 15.9 Å². The summed E-state index contributed by atoms with van der Waals surface area (Å²) in [5.41, 5.74) is -0.281. The molecule has 4 aliphatic carbocycles. The van der Waals surface area contributed by atoms with Crippen molar-refractivity contribution in [1.29, 1.82) is 0 Å². The molecule has 0 atom stereocenters. The monoisotopic (exact) mass is 409 g/mol. The van der Waals surface area contributed by atoms with E-state index in [9.17, 15) is 14.0 Å². The second-order valence-electron chi connectivity index (χ2n) is 7.95. The summed E-state index contributed by atoms with van der Waals surface area (Å²) in [7, 11) is 0. The van der Waals surface area contributed by atoms with Gasteiger partial charge < -0.3 is 10.1 Å². The number of hydrogen-bond donors (Lipinski definition) is 1. The second-order valence-corrected chi connectivity index (χ2v) is 8.86. The molecule has 1 aromatic carbocycles. The van der Waals surface area contributed by atoms with Crippen molar-refractivity contribution in [2.24, 2.45) is 17.8 Å². The number of benzene rings is 1. The Hall–Kier alpha value is -1.43. The molecular weight excluding hydrogens is 389 g/mol. The van der Waals surface area contributed by atoms with E-state index in [2.05, 4.69) is 21.2 Å². The van der Waals surface area contributed by atoms with E-state index >= 15 is 0 Å². The number of ether oxygens (including phenoxy) is 1. The van der Waals surface area contributed by atoms with Crippen LogP contribution in [0.25, 0.3) is 0 Å². The minimum absolute atomic E-state index is 0.112. The average molecular weight is 410 g/mol. The zero-order chi connectivity index (χ0) is 17.6. The van der Waals surface area contributed by atoms with E-state index in [1.54, 1.807) is 0 Å². The number of carbonyl (C=O) groups is 2. The number of rotatable bonds is 4. The predicted molar refractivity (Wildman–Crippen MR) is 93.4 cm³/mol. The molecule has 4 nitrogen and oxygen atoms in total. The Kier molecular flexibility index (Phi) is 4.34. The van der Waals surface area contributed by atoms with Crippen molar-refractivity contribution >= 4 is 27.8 Å². The van der Waals surface area contributed by atoms with Gasteiger partial charge in [0.05, 0.1) is 5.56 Å². The molecule has 0 aromatic heterocycles. The topological polar surface area (TPSA) is 55.4 Å². The van der Waals surface area contributed by atoms with Crippen LogP contribution in [0.1, 0.15) is 48.9 Å². The van der Waals surface area contributed by atoms with Crippen LogP contribution in [-0.4, -0.2) is 24.0 Å². The van der Waals surface area contributed by atoms with E-state index in [1.165, 1.54) is 37.5 Å². The van der Waals surface area contributed by atoms with Crippen LogP contribution in [0.3, 0.4) is 0 Å². The molecule has 0 spiro atoms. The van der Waals surface area contributed by atoms with Crippen molar-refractivity contribution < 1.29 is 18.7 Å². The third kappa shape index (κ3) is 3.46. The average Bonchev–Trinajstić information content (AvgIpc) is 2.53. The highest BCUT2D eigenvalue weighted by atomic mass is 79.9. The first kappa shape index (κ1) is 17.0. The fourth-order valence-electron chi connectivity index (χ4n) is 5.46. The molecule has 6 heteroatoms. The standard InChI is InChI=1S/C19H21BrFNO3/c20-14-1-2-16(21)15(6-14)18(24)25-10-17(23)22-19-7-11-3-12(8-19)5-13(4-11)9-19/h1-2,6,11-13H,3-5,7-10H2,(H,22,23). The smallest absolute Gasteiger partial charge is 0.341 e. The molecule has 1 amide bonds. The fraction of sp³-hybridized carbons (Fsp3) is 0.579. The Morgan fingerprint density at radius 1 is 1.16 bits per heavy atom. The summed E-state index contributed by atoms with van der Waals surface area (Å²) in [5.74, 6) is 0.416. The quantitative estimate of drug-likeness (QED) is 0.768. The number of nitrogens with one attached hydrogen (secondary N) is 1. The molecule has 4 bridgehead atoms. The van der Waals surface area contributed by atoms with Crippen LogP contribution in [0.15, 0.2) is 22.7 Å². The van der Waals surface area contributed by atoms with Gasteiger partial charge in [0.25, 0.3) is 5.91 Å². The maximum atomic E-state index is 13.7. The first-order chi connectivity index (χ1) is 11.9. The summed E-state index contributed by atoms with van der Waals surface area (Å²) in [6.07, 6.45) is 7.02. The Labute approximate surface area is 154 Å². The Balaban J connectivity index is 1.35. The summed E-state index contributed by atoms with van der Waals surface area (Å²) >= 11 is 3.19. The third-order valence-electron chi connectivity index (χ3n) is 5.93. The zero-order valence-electron chi connectivity index (χ0n) is 13.9. The van der Waals surface area contributed by atoms with E-state index in [0.29, 0.717) is 4.47 Å². The lowest BCUT2D eigenvalue weighted by Gasteiger charge is -2.56. The minimum Gasteiger partial charge on any atom is -0.452 e. The summed E-state index contributed by atoms with van der Waals surface area (Å²) in [4.78, 5) is 24.3. The van der Waals surface area contributed by atoms with Gasteiger partial charge in [-0.2, -0.15) is 0 Å². The van der Waals surface area contributed by atoms with E-state index in [0.717, 1.165) is 37.0 Å². The summed E-state index contributed by atoms with van der Waals surface area (Å²) in [6, 6.07) is 4.05. The predicted octanol–water partition coefficient (Wildman–Crippen LogP) is 3.83. The zero-order valence-corrected chi connectivity index (χ0v) is 15.5. The molecular formula is C19H21BrFNO3. The van der Waals surface area contributed by atoms with Crippen LogP contribution < -0.4 is 5.32 Å². The maximum absolute atomic E-state index is 13.7. The van der Waals surface area contributed by atoms with Crippen molar-refractivity contribution in [2.75, 3.05) is 6.61 Å². The molecule has 0 radical (unpaired) electrons. The van der Waals surface area contributed by atoms with Gasteiger partial charge in [0.2, 0.25) is 0 Å². The Morgan fingerprint density at radius 2 is 1.76 bits per heavy atom. The van der Waals surface area contributed by atoms with Crippen LogP contribution in [0.5, 0.6) is 0 Å². The van der Waals surface area contributed by atoms with Gasteiger partial charge in [0, 0.05) is 10.0 Å². The summed E-state index contributed by atoms with van der Waals surface area (Å²) < 4.78 is 19.3. The molecule has 134 valence electrons. The van der Waals surface area contributed by atoms with Crippen molar-refractivity contribution in [3.05, 3.63) is 34.1 Å². The Morgan fingerprint density at radius 3 is 2.36 bits per heavy atom. The third-order valence-corrected chi connectivity index (χ3v) is 6.42. The van der Waals surface area contributed by atoms with Crippen LogP contribution in [0.4, 0.5) is 4.39 Å². The number of hydrogen-bond acceptors (Lipinski definition) is 3. The number of halogens is 2. The molecule has 25 heavy (non-hydrogen) atoms. The molecule has 0 unspecified atom stereocenters. The first-order valence-corrected chi connectivity index (χ1v) is 9.65. The Bertz CT molecular complexity index is 685. The van der Waals surface area contributed by atoms with E-state index in [1.807, 2.05) is 0 Å². The number of amides is 1. The van der Waals surface area contributed by atoms with Gasteiger partial charge in [-0.15, -0.1) is 0 Å². The fourth-order valence-corrected chi connectivity index (χ4v) is 5.82. The van der Waals surface area contributed by atoms with Gasteiger partial charge in [-0.05, 0) is 74.5 Å². The van der Waals surface area contributed by atoms with Crippen molar-refractivity contribution in [1.82, 2.24) is 5.32 Å². The lowest BCUT2D eigenvalue weighted by Crippen LogP contribution is -2.60. The lowest BCUT2D eigenvalue weighted by molar-refractivity contribution is -0.130. The minimum atomic E-state index is -0.820. The van der Waals surface area contributed by atoms with Crippen molar-refractivity contribution in [2.45, 2.75) is 44.1 Å². The molecule has 0 heterocycles. The largest absolute Gasteiger partial charge is 0.452 e. The van der Waals surface area contributed by atoms with Crippen LogP contribution in [-0.2, 0) is 9.53 Å². The molecule has 4 fully saturated rings. The van der Waals surface area contributed by atoms with Crippen LogP contribution in [0, 0.1) is 23.6 Å². The number of carbonyl (C=O) groups excluding carboxylic acids is 2. The molecule has 4 aliphatic rings. The maximum Gasteiger partial charge on any atom is 0.341 e. The van der Waals surface area contributed by atoms with Gasteiger partial charge in [-0.25, -0.2) is 9.18 Å². The van der Waals surface area contributed by atoms with E-state index < -0.39 is 11.8 Å². The second kappa shape index (κ2) is 6.38. The molecule has 4 saturated carbocycles. The van der Waals surface area contributed by atoms with Gasteiger partial charge in [-0.1, -0.05) is 15.9 Å². The van der Waals surface area contributed by atoms with E-state index in [-0.39, 0.29) is 23.6 Å². The van der Waals surface area contributed by atoms with Gasteiger partial charge in [0.15, 0.2) is 6.61 Å². The summed E-state index contributed by atoms with van der Waals surface area (Å²) in [5, 5.41) is 3.14. The first-order valence-electron chi connectivity index (χ1n) is 8.86. The highest BCUT2D eigenvalue weighted by Gasteiger charge is 2.51. The number of esters is 1.